The molecule has 82 valence electrons. The molecule has 0 amide bonds. The van der Waals surface area contributed by atoms with Gasteiger partial charge in [-0.3, -0.25) is 0 Å². The third kappa shape index (κ3) is 2.61. The molecule has 0 fully saturated rings. The Bertz CT molecular complexity index is 374. The van der Waals surface area contributed by atoms with Crippen LogP contribution in [0.1, 0.15) is 11.1 Å². The second-order valence-electron chi connectivity index (χ2n) is 2.70. The highest BCUT2D eigenvalue weighted by Gasteiger charge is 2.33. The Hall–Kier alpha value is -1.72. The minimum absolute atomic E-state index is 0.246. The third-order valence-electron chi connectivity index (χ3n) is 1.76. The fourth-order valence-electron chi connectivity index (χ4n) is 1.09. The second kappa shape index (κ2) is 4.20. The summed E-state index contributed by atoms with van der Waals surface area (Å²) in [6.07, 6.45) is -3.77. The van der Waals surface area contributed by atoms with Gasteiger partial charge in [-0.25, -0.2) is 0 Å². The number of hydrogen-bond acceptors (Lipinski definition) is 3. The molecule has 0 saturated heterocycles. The number of hydrogen-bond donors (Lipinski definition) is 1. The van der Waals surface area contributed by atoms with Gasteiger partial charge >= 0.3 is 6.18 Å². The molecule has 0 saturated carbocycles. The highest BCUT2D eigenvalue weighted by Crippen LogP contribution is 2.33. The average molecular weight is 219 g/mol. The molecule has 0 heterocycles. The zero-order valence-corrected chi connectivity index (χ0v) is 7.75. The number of ether oxygens (including phenoxy) is 1. The molecule has 1 N–H and O–H groups in total. The molecule has 15 heavy (non-hydrogen) atoms. The second-order valence-corrected chi connectivity index (χ2v) is 2.70. The largest absolute Gasteiger partial charge is 0.497 e. The summed E-state index contributed by atoms with van der Waals surface area (Å²) in [5.74, 6) is 0.262. The number of halogens is 3. The summed E-state index contributed by atoms with van der Waals surface area (Å²) in [6, 6.07) is 3.20. The van der Waals surface area contributed by atoms with Crippen LogP contribution in [0.15, 0.2) is 23.4 Å². The van der Waals surface area contributed by atoms with Crippen LogP contribution in [0.5, 0.6) is 5.75 Å². The monoisotopic (exact) mass is 219 g/mol. The zero-order valence-electron chi connectivity index (χ0n) is 7.75. The topological polar surface area (TPSA) is 41.8 Å². The molecule has 0 bridgehead atoms. The van der Waals surface area contributed by atoms with Crippen LogP contribution in [0, 0.1) is 0 Å². The fraction of sp³-hybridized carbons (Fsp3) is 0.222. The van der Waals surface area contributed by atoms with E-state index in [1.165, 1.54) is 13.2 Å². The van der Waals surface area contributed by atoms with Gasteiger partial charge in [0.25, 0.3) is 0 Å². The first-order valence-electron chi connectivity index (χ1n) is 3.91. The predicted octanol–water partition coefficient (Wildman–Crippen LogP) is 2.52. The Morgan fingerprint density at radius 1 is 1.40 bits per heavy atom. The molecular weight excluding hydrogens is 211 g/mol. The van der Waals surface area contributed by atoms with Crippen LogP contribution < -0.4 is 4.74 Å². The first-order chi connectivity index (χ1) is 6.99. The maximum atomic E-state index is 12.4. The Morgan fingerprint density at radius 3 is 2.53 bits per heavy atom. The summed E-state index contributed by atoms with van der Waals surface area (Å²) < 4.78 is 42.0. The summed E-state index contributed by atoms with van der Waals surface area (Å²) >= 11 is 0. The van der Waals surface area contributed by atoms with Crippen LogP contribution in [0.2, 0.25) is 0 Å². The van der Waals surface area contributed by atoms with E-state index >= 15 is 0 Å². The smallest absolute Gasteiger partial charge is 0.417 e. The molecule has 3 nitrogen and oxygen atoms in total. The van der Waals surface area contributed by atoms with Crippen LogP contribution in [-0.4, -0.2) is 18.5 Å². The molecule has 0 atom stereocenters. The fourth-order valence-corrected chi connectivity index (χ4v) is 1.09. The van der Waals surface area contributed by atoms with E-state index < -0.39 is 11.7 Å². The summed E-state index contributed by atoms with van der Waals surface area (Å²) in [6.45, 7) is 0. The molecular formula is C9H8F3NO2. The van der Waals surface area contributed by atoms with Gasteiger partial charge < -0.3 is 9.94 Å². The number of methoxy groups -OCH3 is 1. The van der Waals surface area contributed by atoms with E-state index in [9.17, 15) is 13.2 Å². The summed E-state index contributed by atoms with van der Waals surface area (Å²) in [7, 11) is 1.34. The Labute approximate surface area is 83.8 Å². The molecule has 0 aliphatic carbocycles. The van der Waals surface area contributed by atoms with Crippen molar-refractivity contribution in [2.24, 2.45) is 5.16 Å². The standard InChI is InChI=1S/C9H8F3NO2/c1-15-7-2-3-8(9(10,11)12)6(4-7)5-13-14/h2-5,14H,1H3. The van der Waals surface area contributed by atoms with Crippen LogP contribution in [-0.2, 0) is 6.18 Å². The lowest BCUT2D eigenvalue weighted by atomic mass is 10.1. The van der Waals surface area contributed by atoms with Crippen molar-refractivity contribution in [3.8, 4) is 5.75 Å². The Morgan fingerprint density at radius 2 is 2.07 bits per heavy atom. The lowest BCUT2D eigenvalue weighted by Gasteiger charge is -2.10. The molecule has 1 aromatic carbocycles. The normalized spacial score (nSPS) is 12.0. The van der Waals surface area contributed by atoms with Crippen LogP contribution in [0.25, 0.3) is 0 Å². The quantitative estimate of drug-likeness (QED) is 0.471. The van der Waals surface area contributed by atoms with E-state index in [2.05, 4.69) is 5.16 Å². The minimum atomic E-state index is -4.48. The summed E-state index contributed by atoms with van der Waals surface area (Å²) in [4.78, 5) is 0. The van der Waals surface area contributed by atoms with Gasteiger partial charge in [0, 0.05) is 5.56 Å². The SMILES string of the molecule is COc1ccc(C(F)(F)F)c(C=NO)c1. The lowest BCUT2D eigenvalue weighted by Crippen LogP contribution is -2.09. The number of oxime groups is 1. The van der Waals surface area contributed by atoms with Gasteiger partial charge in [-0.15, -0.1) is 0 Å². The van der Waals surface area contributed by atoms with Gasteiger partial charge in [0.15, 0.2) is 0 Å². The van der Waals surface area contributed by atoms with E-state index in [4.69, 9.17) is 9.94 Å². The van der Waals surface area contributed by atoms with E-state index in [1.807, 2.05) is 0 Å². The molecule has 0 aromatic heterocycles. The molecule has 0 aliphatic heterocycles. The first kappa shape index (κ1) is 11.4. The van der Waals surface area contributed by atoms with E-state index in [0.717, 1.165) is 12.1 Å². The van der Waals surface area contributed by atoms with Crippen molar-refractivity contribution in [1.29, 1.82) is 0 Å². The Kier molecular flexibility index (Phi) is 3.18. The van der Waals surface area contributed by atoms with Gasteiger partial charge in [-0.2, -0.15) is 13.2 Å². The number of alkyl halides is 3. The maximum Gasteiger partial charge on any atom is 0.417 e. The maximum absolute atomic E-state index is 12.4. The van der Waals surface area contributed by atoms with Crippen molar-refractivity contribution in [2.75, 3.05) is 7.11 Å². The molecule has 6 heteroatoms. The summed E-state index contributed by atoms with van der Waals surface area (Å²) in [5, 5.41) is 10.8. The number of nitrogens with zero attached hydrogens (tertiary/aromatic N) is 1. The van der Waals surface area contributed by atoms with Crippen molar-refractivity contribution in [3.05, 3.63) is 29.3 Å². The first-order valence-corrected chi connectivity index (χ1v) is 3.91. The van der Waals surface area contributed by atoms with E-state index in [1.54, 1.807) is 0 Å². The number of benzene rings is 1. The van der Waals surface area contributed by atoms with Crippen LogP contribution in [0.3, 0.4) is 0 Å². The van der Waals surface area contributed by atoms with Crippen molar-refractivity contribution in [1.82, 2.24) is 0 Å². The van der Waals surface area contributed by atoms with Crippen molar-refractivity contribution < 1.29 is 23.1 Å². The lowest BCUT2D eigenvalue weighted by molar-refractivity contribution is -0.137. The highest BCUT2D eigenvalue weighted by atomic mass is 19.4. The highest BCUT2D eigenvalue weighted by molar-refractivity contribution is 5.82. The molecule has 0 radical (unpaired) electrons. The molecule has 0 aliphatic rings. The number of rotatable bonds is 2. The van der Waals surface area contributed by atoms with Gasteiger partial charge in [0.2, 0.25) is 0 Å². The Balaban J connectivity index is 3.27. The van der Waals surface area contributed by atoms with Crippen molar-refractivity contribution >= 4 is 6.21 Å². The van der Waals surface area contributed by atoms with Crippen molar-refractivity contribution in [3.63, 3.8) is 0 Å². The average Bonchev–Trinajstić information content (AvgIpc) is 2.16. The molecule has 0 unspecified atom stereocenters. The molecule has 1 rings (SSSR count). The van der Waals surface area contributed by atoms with Crippen LogP contribution >= 0.6 is 0 Å². The minimum Gasteiger partial charge on any atom is -0.497 e. The van der Waals surface area contributed by atoms with E-state index in [-0.39, 0.29) is 11.3 Å². The molecule has 0 spiro atoms. The van der Waals surface area contributed by atoms with Gasteiger partial charge in [0.05, 0.1) is 18.9 Å². The van der Waals surface area contributed by atoms with Crippen LogP contribution in [0.4, 0.5) is 13.2 Å². The summed E-state index contributed by atoms with van der Waals surface area (Å²) in [5.41, 5.74) is -1.12. The molecule has 1 aromatic rings. The van der Waals surface area contributed by atoms with Gasteiger partial charge in [-0.05, 0) is 18.2 Å². The van der Waals surface area contributed by atoms with Gasteiger partial charge in [0.1, 0.15) is 5.75 Å². The third-order valence-corrected chi connectivity index (χ3v) is 1.76. The predicted molar refractivity (Wildman–Crippen MR) is 47.4 cm³/mol. The zero-order chi connectivity index (χ0) is 11.5. The van der Waals surface area contributed by atoms with E-state index in [0.29, 0.717) is 6.21 Å². The van der Waals surface area contributed by atoms with Crippen molar-refractivity contribution in [2.45, 2.75) is 6.18 Å². The van der Waals surface area contributed by atoms with Gasteiger partial charge in [-0.1, -0.05) is 5.16 Å².